The summed E-state index contributed by atoms with van der Waals surface area (Å²) in [5.74, 6) is 0. The van der Waals surface area contributed by atoms with E-state index in [1.54, 1.807) is 0 Å². The molecule has 1 amide bonds. The molecular formula is C10H10BrNO3. The lowest BCUT2D eigenvalue weighted by Crippen LogP contribution is -2.33. The summed E-state index contributed by atoms with van der Waals surface area (Å²) in [4.78, 5) is 10.6. The number of halogens is 1. The maximum Gasteiger partial charge on any atom is 0.405 e. The smallest absolute Gasteiger partial charge is 0.405 e. The van der Waals surface area contributed by atoms with E-state index in [-0.39, 0.29) is 6.04 Å². The zero-order valence-electron chi connectivity index (χ0n) is 7.87. The number of rotatable bonds is 1. The third kappa shape index (κ3) is 2.30. The molecule has 1 aliphatic heterocycles. The van der Waals surface area contributed by atoms with Crippen LogP contribution in [0.1, 0.15) is 17.2 Å². The van der Waals surface area contributed by atoms with Gasteiger partial charge < -0.3 is 15.2 Å². The Morgan fingerprint density at radius 1 is 1.60 bits per heavy atom. The summed E-state index contributed by atoms with van der Waals surface area (Å²) in [5.41, 5.74) is 2.02. The van der Waals surface area contributed by atoms with Crippen molar-refractivity contribution in [3.63, 3.8) is 0 Å². The van der Waals surface area contributed by atoms with Gasteiger partial charge in [-0.25, -0.2) is 4.79 Å². The van der Waals surface area contributed by atoms with Crippen molar-refractivity contribution in [1.29, 1.82) is 0 Å². The number of ether oxygens (including phenoxy) is 1. The van der Waals surface area contributed by atoms with E-state index in [1.165, 1.54) is 0 Å². The van der Waals surface area contributed by atoms with Gasteiger partial charge in [0.15, 0.2) is 0 Å². The van der Waals surface area contributed by atoms with Crippen LogP contribution in [0.25, 0.3) is 0 Å². The SMILES string of the molecule is O=C(O)NC1COCc2ccc(Br)cc21. The van der Waals surface area contributed by atoms with E-state index < -0.39 is 6.09 Å². The normalized spacial score (nSPS) is 19.4. The quantitative estimate of drug-likeness (QED) is 0.824. The molecule has 80 valence electrons. The molecule has 2 rings (SSSR count). The molecule has 1 aliphatic rings. The lowest BCUT2D eigenvalue weighted by atomic mass is 9.99. The molecule has 0 aromatic heterocycles. The zero-order valence-corrected chi connectivity index (χ0v) is 9.45. The lowest BCUT2D eigenvalue weighted by molar-refractivity contribution is 0.0808. The van der Waals surface area contributed by atoms with Crippen molar-refractivity contribution >= 4 is 22.0 Å². The molecule has 0 saturated carbocycles. The van der Waals surface area contributed by atoms with E-state index in [0.29, 0.717) is 13.2 Å². The van der Waals surface area contributed by atoms with E-state index in [2.05, 4.69) is 21.2 Å². The number of fused-ring (bicyclic) bond motifs is 1. The first-order valence-electron chi connectivity index (χ1n) is 4.52. The first kappa shape index (κ1) is 10.4. The summed E-state index contributed by atoms with van der Waals surface area (Å²) in [5, 5.41) is 11.1. The summed E-state index contributed by atoms with van der Waals surface area (Å²) in [6.07, 6.45) is -1.03. The molecule has 0 spiro atoms. The predicted molar refractivity (Wildman–Crippen MR) is 57.7 cm³/mol. The van der Waals surface area contributed by atoms with Gasteiger partial charge >= 0.3 is 6.09 Å². The lowest BCUT2D eigenvalue weighted by Gasteiger charge is -2.25. The van der Waals surface area contributed by atoms with Crippen LogP contribution in [0.5, 0.6) is 0 Å². The van der Waals surface area contributed by atoms with Gasteiger partial charge in [0.25, 0.3) is 0 Å². The minimum Gasteiger partial charge on any atom is -0.465 e. The van der Waals surface area contributed by atoms with Crippen LogP contribution < -0.4 is 5.32 Å². The fraction of sp³-hybridized carbons (Fsp3) is 0.300. The van der Waals surface area contributed by atoms with Gasteiger partial charge in [-0.3, -0.25) is 0 Å². The van der Waals surface area contributed by atoms with Crippen molar-refractivity contribution in [1.82, 2.24) is 5.32 Å². The average Bonchev–Trinajstić information content (AvgIpc) is 2.18. The maximum absolute atomic E-state index is 10.6. The summed E-state index contributed by atoms with van der Waals surface area (Å²) in [7, 11) is 0. The minimum absolute atomic E-state index is 0.274. The summed E-state index contributed by atoms with van der Waals surface area (Å²) in [6.45, 7) is 0.927. The van der Waals surface area contributed by atoms with Gasteiger partial charge in [-0.1, -0.05) is 22.0 Å². The third-order valence-corrected chi connectivity index (χ3v) is 2.82. The standard InChI is InChI=1S/C10H10BrNO3/c11-7-2-1-6-4-15-5-9(8(6)3-7)12-10(13)14/h1-3,9,12H,4-5H2,(H,13,14). The molecule has 1 aromatic carbocycles. The highest BCUT2D eigenvalue weighted by molar-refractivity contribution is 9.10. The van der Waals surface area contributed by atoms with Crippen LogP contribution in [-0.2, 0) is 11.3 Å². The second-order valence-corrected chi connectivity index (χ2v) is 4.28. The Hall–Kier alpha value is -1.07. The van der Waals surface area contributed by atoms with E-state index in [1.807, 2.05) is 18.2 Å². The molecule has 1 aromatic rings. The highest BCUT2D eigenvalue weighted by Crippen LogP contribution is 2.27. The van der Waals surface area contributed by atoms with Crippen LogP contribution >= 0.6 is 15.9 Å². The minimum atomic E-state index is -1.03. The van der Waals surface area contributed by atoms with Crippen molar-refractivity contribution in [2.75, 3.05) is 6.61 Å². The van der Waals surface area contributed by atoms with Gasteiger partial charge in [-0.2, -0.15) is 0 Å². The fourth-order valence-corrected chi connectivity index (χ4v) is 2.05. The van der Waals surface area contributed by atoms with Crippen LogP contribution in [0.15, 0.2) is 22.7 Å². The van der Waals surface area contributed by atoms with E-state index >= 15 is 0 Å². The van der Waals surface area contributed by atoms with Gasteiger partial charge in [0.2, 0.25) is 0 Å². The van der Waals surface area contributed by atoms with Crippen LogP contribution in [0, 0.1) is 0 Å². The number of benzene rings is 1. The maximum atomic E-state index is 10.6. The molecule has 5 heteroatoms. The van der Waals surface area contributed by atoms with E-state index in [4.69, 9.17) is 9.84 Å². The van der Waals surface area contributed by atoms with Crippen LogP contribution in [0.3, 0.4) is 0 Å². The van der Waals surface area contributed by atoms with Crippen molar-refractivity contribution in [3.8, 4) is 0 Å². The Morgan fingerprint density at radius 2 is 2.40 bits per heavy atom. The number of hydrogen-bond donors (Lipinski definition) is 2. The molecule has 0 radical (unpaired) electrons. The van der Waals surface area contributed by atoms with Gasteiger partial charge in [0, 0.05) is 4.47 Å². The molecule has 0 fully saturated rings. The molecule has 1 atom stereocenters. The fourth-order valence-electron chi connectivity index (χ4n) is 1.67. The molecule has 1 unspecified atom stereocenters. The third-order valence-electron chi connectivity index (χ3n) is 2.32. The number of nitrogens with one attached hydrogen (secondary N) is 1. The second kappa shape index (κ2) is 4.20. The predicted octanol–water partition coefficient (Wildman–Crippen LogP) is 2.29. The number of carboxylic acid groups (broad SMARTS) is 1. The molecule has 2 N–H and O–H groups in total. The van der Waals surface area contributed by atoms with Gasteiger partial charge in [-0.15, -0.1) is 0 Å². The first-order chi connectivity index (χ1) is 7.16. The summed E-state index contributed by atoms with van der Waals surface area (Å²) in [6, 6.07) is 5.52. The monoisotopic (exact) mass is 271 g/mol. The van der Waals surface area contributed by atoms with E-state index in [0.717, 1.165) is 15.6 Å². The highest BCUT2D eigenvalue weighted by Gasteiger charge is 2.22. The Kier molecular flexibility index (Phi) is 2.93. The van der Waals surface area contributed by atoms with Gasteiger partial charge in [0.1, 0.15) is 0 Å². The van der Waals surface area contributed by atoms with Crippen molar-refractivity contribution < 1.29 is 14.6 Å². The number of amides is 1. The van der Waals surface area contributed by atoms with Gasteiger partial charge in [0.05, 0.1) is 19.3 Å². The first-order valence-corrected chi connectivity index (χ1v) is 5.31. The van der Waals surface area contributed by atoms with Gasteiger partial charge in [-0.05, 0) is 23.3 Å². The summed E-state index contributed by atoms with van der Waals surface area (Å²) < 4.78 is 6.25. The Morgan fingerprint density at radius 3 is 3.13 bits per heavy atom. The molecule has 0 aliphatic carbocycles. The molecule has 1 heterocycles. The van der Waals surface area contributed by atoms with Crippen molar-refractivity contribution in [2.45, 2.75) is 12.6 Å². The van der Waals surface area contributed by atoms with Crippen LogP contribution in [-0.4, -0.2) is 17.8 Å². The molecule has 0 bridgehead atoms. The Balaban J connectivity index is 2.32. The Bertz CT molecular complexity index is 394. The molecular weight excluding hydrogens is 262 g/mol. The summed E-state index contributed by atoms with van der Waals surface area (Å²) >= 11 is 3.37. The molecule has 15 heavy (non-hydrogen) atoms. The van der Waals surface area contributed by atoms with Crippen LogP contribution in [0.2, 0.25) is 0 Å². The second-order valence-electron chi connectivity index (χ2n) is 3.36. The largest absolute Gasteiger partial charge is 0.465 e. The number of carbonyl (C=O) groups is 1. The van der Waals surface area contributed by atoms with E-state index in [9.17, 15) is 4.79 Å². The zero-order chi connectivity index (χ0) is 10.8. The van der Waals surface area contributed by atoms with Crippen molar-refractivity contribution in [2.24, 2.45) is 0 Å². The Labute approximate surface area is 95.4 Å². The molecule has 0 saturated heterocycles. The highest BCUT2D eigenvalue weighted by atomic mass is 79.9. The average molecular weight is 272 g/mol. The van der Waals surface area contributed by atoms with Crippen LogP contribution in [0.4, 0.5) is 4.79 Å². The number of hydrogen-bond acceptors (Lipinski definition) is 2. The topological polar surface area (TPSA) is 58.6 Å². The molecule has 4 nitrogen and oxygen atoms in total. The van der Waals surface area contributed by atoms with Crippen molar-refractivity contribution in [3.05, 3.63) is 33.8 Å².